The van der Waals surface area contributed by atoms with Crippen molar-refractivity contribution in [1.82, 2.24) is 4.98 Å². The highest BCUT2D eigenvalue weighted by Gasteiger charge is 2.11. The third-order valence-electron chi connectivity index (χ3n) is 4.04. The fourth-order valence-electron chi connectivity index (χ4n) is 2.86. The van der Waals surface area contributed by atoms with Crippen LogP contribution in [0.4, 0.5) is 5.69 Å². The lowest BCUT2D eigenvalue weighted by Crippen LogP contribution is -2.06. The molecule has 0 saturated carbocycles. The van der Waals surface area contributed by atoms with Gasteiger partial charge in [0, 0.05) is 42.0 Å². The number of nitrogens with one attached hydrogen (secondary N) is 1. The molecule has 0 atom stereocenters. The topological polar surface area (TPSA) is 86.0 Å². The summed E-state index contributed by atoms with van der Waals surface area (Å²) in [7, 11) is 0. The predicted octanol–water partition coefficient (Wildman–Crippen LogP) is 4.05. The predicted molar refractivity (Wildman–Crippen MR) is 97.3 cm³/mol. The van der Waals surface area contributed by atoms with E-state index < -0.39 is 5.97 Å². The molecular weight excluding hydrogens is 314 g/mol. The van der Waals surface area contributed by atoms with Gasteiger partial charge in [-0.15, -0.1) is 0 Å². The number of rotatable bonds is 6. The van der Waals surface area contributed by atoms with Crippen LogP contribution < -0.4 is 5.32 Å². The minimum atomic E-state index is -0.796. The number of hydrogen-bond acceptors (Lipinski definition) is 4. The molecule has 0 spiro atoms. The number of carboxylic acid groups (broad SMARTS) is 1. The maximum Gasteiger partial charge on any atom is 0.303 e. The second kappa shape index (κ2) is 7.45. The fourth-order valence-corrected chi connectivity index (χ4v) is 2.86. The Hall–Kier alpha value is -3.39. The third-order valence-corrected chi connectivity index (χ3v) is 4.04. The number of carbonyl (C=O) groups is 1. The number of carboxylic acids is 1. The van der Waals surface area contributed by atoms with E-state index in [9.17, 15) is 10.1 Å². The fraction of sp³-hybridized carbons (Fsp3) is 0.150. The highest BCUT2D eigenvalue weighted by Crippen LogP contribution is 2.34. The quantitative estimate of drug-likeness (QED) is 0.666. The Labute approximate surface area is 145 Å². The molecule has 0 aliphatic heterocycles. The number of hydrogen-bond donors (Lipinski definition) is 2. The molecule has 3 aromatic rings. The lowest BCUT2D eigenvalue weighted by molar-refractivity contribution is -0.137. The molecule has 124 valence electrons. The zero-order valence-corrected chi connectivity index (χ0v) is 13.6. The summed E-state index contributed by atoms with van der Waals surface area (Å²) in [5.74, 6) is -0.796. The van der Waals surface area contributed by atoms with Crippen molar-refractivity contribution >= 4 is 22.4 Å². The Balaban J connectivity index is 1.99. The molecule has 0 amide bonds. The van der Waals surface area contributed by atoms with E-state index in [4.69, 9.17) is 5.11 Å². The molecule has 0 bridgehead atoms. The number of aliphatic carboxylic acids is 1. The standard InChI is InChI=1S/C20H17N3O2/c21-12-14-7-8-17(16-5-2-1-4-15(14)16)18-13-22-11-9-19(18)23-10-3-6-20(24)25/h1-2,4-5,7-9,11,13H,3,6,10H2,(H,22,23)(H,24,25). The van der Waals surface area contributed by atoms with E-state index in [1.165, 1.54) is 0 Å². The Bertz CT molecular complexity index is 961. The second-order valence-corrected chi connectivity index (χ2v) is 5.66. The van der Waals surface area contributed by atoms with E-state index in [1.807, 2.05) is 42.5 Å². The number of pyridine rings is 1. The van der Waals surface area contributed by atoms with Crippen LogP contribution in [0.25, 0.3) is 21.9 Å². The second-order valence-electron chi connectivity index (χ2n) is 5.66. The summed E-state index contributed by atoms with van der Waals surface area (Å²) in [6.45, 7) is 0.567. The van der Waals surface area contributed by atoms with Gasteiger partial charge in [-0.05, 0) is 29.5 Å². The first-order valence-electron chi connectivity index (χ1n) is 8.02. The Kier molecular flexibility index (Phi) is 4.91. The minimum absolute atomic E-state index is 0.132. The summed E-state index contributed by atoms with van der Waals surface area (Å²) < 4.78 is 0. The highest BCUT2D eigenvalue weighted by atomic mass is 16.4. The van der Waals surface area contributed by atoms with Gasteiger partial charge < -0.3 is 10.4 Å². The van der Waals surface area contributed by atoms with Gasteiger partial charge in [0.25, 0.3) is 0 Å². The summed E-state index contributed by atoms with van der Waals surface area (Å²) in [5.41, 5.74) is 3.46. The summed E-state index contributed by atoms with van der Waals surface area (Å²) in [6.07, 6.45) is 4.17. The first-order valence-corrected chi connectivity index (χ1v) is 8.02. The molecule has 25 heavy (non-hydrogen) atoms. The van der Waals surface area contributed by atoms with Gasteiger partial charge in [-0.25, -0.2) is 0 Å². The number of nitriles is 1. The van der Waals surface area contributed by atoms with Gasteiger partial charge in [-0.3, -0.25) is 9.78 Å². The first-order chi connectivity index (χ1) is 12.2. The van der Waals surface area contributed by atoms with E-state index >= 15 is 0 Å². The van der Waals surface area contributed by atoms with Crippen molar-refractivity contribution in [2.24, 2.45) is 0 Å². The molecule has 2 N–H and O–H groups in total. The average molecular weight is 331 g/mol. The Morgan fingerprint density at radius 2 is 1.92 bits per heavy atom. The van der Waals surface area contributed by atoms with Crippen LogP contribution in [0.1, 0.15) is 18.4 Å². The number of fused-ring (bicyclic) bond motifs is 1. The number of aromatic nitrogens is 1. The van der Waals surface area contributed by atoms with E-state index in [0.29, 0.717) is 18.5 Å². The minimum Gasteiger partial charge on any atom is -0.481 e. The molecule has 1 aromatic heterocycles. The van der Waals surface area contributed by atoms with Crippen molar-refractivity contribution < 1.29 is 9.90 Å². The molecule has 5 heteroatoms. The van der Waals surface area contributed by atoms with E-state index in [2.05, 4.69) is 16.4 Å². The van der Waals surface area contributed by atoms with Gasteiger partial charge >= 0.3 is 5.97 Å². The van der Waals surface area contributed by atoms with Crippen LogP contribution in [-0.4, -0.2) is 22.6 Å². The van der Waals surface area contributed by atoms with E-state index in [-0.39, 0.29) is 6.42 Å². The van der Waals surface area contributed by atoms with Gasteiger partial charge in [0.1, 0.15) is 0 Å². The molecule has 5 nitrogen and oxygen atoms in total. The Morgan fingerprint density at radius 1 is 1.12 bits per heavy atom. The van der Waals surface area contributed by atoms with Crippen molar-refractivity contribution in [2.75, 3.05) is 11.9 Å². The molecule has 0 unspecified atom stereocenters. The van der Waals surface area contributed by atoms with Crippen LogP contribution in [0, 0.1) is 11.3 Å². The maximum absolute atomic E-state index is 10.6. The van der Waals surface area contributed by atoms with Gasteiger partial charge in [0.2, 0.25) is 0 Å². The van der Waals surface area contributed by atoms with Gasteiger partial charge in [-0.2, -0.15) is 5.26 Å². The Morgan fingerprint density at radius 3 is 2.68 bits per heavy atom. The lowest BCUT2D eigenvalue weighted by atomic mass is 9.95. The average Bonchev–Trinajstić information content (AvgIpc) is 2.64. The smallest absolute Gasteiger partial charge is 0.303 e. The highest BCUT2D eigenvalue weighted by molar-refractivity contribution is 6.01. The van der Waals surface area contributed by atoms with E-state index in [1.54, 1.807) is 12.4 Å². The monoisotopic (exact) mass is 331 g/mol. The van der Waals surface area contributed by atoms with Gasteiger partial charge in [0.15, 0.2) is 0 Å². The number of nitrogens with zero attached hydrogens (tertiary/aromatic N) is 2. The van der Waals surface area contributed by atoms with Crippen LogP contribution in [0.5, 0.6) is 0 Å². The summed E-state index contributed by atoms with van der Waals surface area (Å²) >= 11 is 0. The molecule has 0 fully saturated rings. The van der Waals surface area contributed by atoms with Crippen molar-refractivity contribution in [1.29, 1.82) is 5.26 Å². The van der Waals surface area contributed by atoms with Crippen molar-refractivity contribution in [2.45, 2.75) is 12.8 Å². The summed E-state index contributed by atoms with van der Waals surface area (Å²) in [4.78, 5) is 14.9. The molecule has 0 aliphatic rings. The molecular formula is C20H17N3O2. The van der Waals surface area contributed by atoms with Gasteiger partial charge in [-0.1, -0.05) is 30.3 Å². The van der Waals surface area contributed by atoms with Crippen molar-refractivity contribution in [3.63, 3.8) is 0 Å². The number of anilines is 1. The van der Waals surface area contributed by atoms with E-state index in [0.717, 1.165) is 27.6 Å². The summed E-state index contributed by atoms with van der Waals surface area (Å²) in [5, 5.41) is 23.3. The molecule has 3 rings (SSSR count). The zero-order valence-electron chi connectivity index (χ0n) is 13.6. The van der Waals surface area contributed by atoms with Crippen LogP contribution in [-0.2, 0) is 4.79 Å². The largest absolute Gasteiger partial charge is 0.481 e. The lowest BCUT2D eigenvalue weighted by Gasteiger charge is -2.14. The molecule has 1 heterocycles. The summed E-state index contributed by atoms with van der Waals surface area (Å²) in [6, 6.07) is 15.7. The van der Waals surface area contributed by atoms with Crippen LogP contribution >= 0.6 is 0 Å². The molecule has 0 saturated heterocycles. The molecule has 0 radical (unpaired) electrons. The third kappa shape index (κ3) is 3.59. The first kappa shape index (κ1) is 16.5. The normalized spacial score (nSPS) is 10.4. The van der Waals surface area contributed by atoms with Crippen LogP contribution in [0.15, 0.2) is 54.9 Å². The van der Waals surface area contributed by atoms with Crippen LogP contribution in [0.2, 0.25) is 0 Å². The molecule has 0 aliphatic carbocycles. The van der Waals surface area contributed by atoms with Crippen LogP contribution in [0.3, 0.4) is 0 Å². The maximum atomic E-state index is 10.6. The SMILES string of the molecule is N#Cc1ccc(-c2cnccc2NCCCC(=O)O)c2ccccc12. The number of benzene rings is 2. The molecule has 2 aromatic carbocycles. The van der Waals surface area contributed by atoms with Crippen molar-refractivity contribution in [3.05, 3.63) is 60.4 Å². The zero-order chi connectivity index (χ0) is 17.6. The van der Waals surface area contributed by atoms with Gasteiger partial charge in [0.05, 0.1) is 11.6 Å². The van der Waals surface area contributed by atoms with Crippen molar-refractivity contribution in [3.8, 4) is 17.2 Å².